The molecule has 0 spiro atoms. The highest BCUT2D eigenvalue weighted by atomic mass is 32.1. The van der Waals surface area contributed by atoms with Crippen LogP contribution in [-0.4, -0.2) is 34.8 Å². The van der Waals surface area contributed by atoms with E-state index >= 15 is 0 Å². The SMILES string of the molecule is CC1Oc2ccccc2OC1C(=O)NCCCCCc1nc(-c2cccs2)no1. The number of unbranched alkanes of at least 4 members (excludes halogenated alkanes) is 2. The molecule has 3 heterocycles. The standard InChI is InChI=1S/C21H23N3O4S/c1-14-19(27-16-9-5-4-8-15(16)26-14)21(25)22-12-6-2-3-11-18-23-20(24-28-18)17-10-7-13-29-17/h4-5,7-10,13-14,19H,2-3,6,11-12H2,1H3,(H,22,25). The zero-order valence-electron chi connectivity index (χ0n) is 16.2. The Labute approximate surface area is 173 Å². The Morgan fingerprint density at radius 3 is 2.72 bits per heavy atom. The Balaban J connectivity index is 1.15. The smallest absolute Gasteiger partial charge is 0.265 e. The minimum Gasteiger partial charge on any atom is -0.482 e. The zero-order valence-corrected chi connectivity index (χ0v) is 17.0. The normalized spacial score (nSPS) is 17.8. The van der Waals surface area contributed by atoms with Gasteiger partial charge in [-0.25, -0.2) is 0 Å². The predicted molar refractivity (Wildman–Crippen MR) is 109 cm³/mol. The van der Waals surface area contributed by atoms with Crippen molar-refractivity contribution in [3.63, 3.8) is 0 Å². The summed E-state index contributed by atoms with van der Waals surface area (Å²) < 4.78 is 16.9. The van der Waals surface area contributed by atoms with Crippen molar-refractivity contribution in [3.05, 3.63) is 47.7 Å². The minimum atomic E-state index is -0.640. The number of aromatic nitrogens is 2. The van der Waals surface area contributed by atoms with Crippen LogP contribution in [-0.2, 0) is 11.2 Å². The van der Waals surface area contributed by atoms with Crippen LogP contribution in [0, 0.1) is 0 Å². The number of rotatable bonds is 8. The van der Waals surface area contributed by atoms with Crippen molar-refractivity contribution < 1.29 is 18.8 Å². The number of ether oxygens (including phenoxy) is 2. The highest BCUT2D eigenvalue weighted by molar-refractivity contribution is 7.13. The summed E-state index contributed by atoms with van der Waals surface area (Å²) in [6.07, 6.45) is 2.51. The first-order valence-electron chi connectivity index (χ1n) is 9.77. The summed E-state index contributed by atoms with van der Waals surface area (Å²) in [7, 11) is 0. The van der Waals surface area contributed by atoms with Crippen LogP contribution in [0.1, 0.15) is 32.1 Å². The second-order valence-electron chi connectivity index (χ2n) is 6.90. The predicted octanol–water partition coefficient (Wildman–Crippen LogP) is 3.86. The molecule has 7 nitrogen and oxygen atoms in total. The van der Waals surface area contributed by atoms with Gasteiger partial charge in [-0.2, -0.15) is 4.98 Å². The van der Waals surface area contributed by atoms with Crippen molar-refractivity contribution in [2.75, 3.05) is 6.54 Å². The van der Waals surface area contributed by atoms with Crippen LogP contribution in [0.3, 0.4) is 0 Å². The molecular weight excluding hydrogens is 390 g/mol. The average molecular weight is 413 g/mol. The van der Waals surface area contributed by atoms with Gasteiger partial charge in [-0.15, -0.1) is 11.3 Å². The minimum absolute atomic E-state index is 0.149. The third-order valence-corrected chi connectivity index (χ3v) is 5.54. The van der Waals surface area contributed by atoms with E-state index in [0.717, 1.165) is 30.6 Å². The second-order valence-corrected chi connectivity index (χ2v) is 7.85. The number of thiophene rings is 1. The maximum absolute atomic E-state index is 12.4. The van der Waals surface area contributed by atoms with Crippen LogP contribution in [0.4, 0.5) is 0 Å². The number of amides is 1. The molecular formula is C21H23N3O4S. The Morgan fingerprint density at radius 1 is 1.10 bits per heavy atom. The maximum Gasteiger partial charge on any atom is 0.265 e. The van der Waals surface area contributed by atoms with E-state index in [-0.39, 0.29) is 12.0 Å². The van der Waals surface area contributed by atoms with Gasteiger partial charge in [0.2, 0.25) is 17.8 Å². The fourth-order valence-corrected chi connectivity index (χ4v) is 3.81. The molecule has 3 aromatic rings. The molecule has 0 aliphatic carbocycles. The lowest BCUT2D eigenvalue weighted by Crippen LogP contribution is -2.49. The lowest BCUT2D eigenvalue weighted by molar-refractivity contribution is -0.133. The zero-order chi connectivity index (χ0) is 20.1. The molecule has 2 aromatic heterocycles. The number of nitrogens with one attached hydrogen (secondary N) is 1. The monoisotopic (exact) mass is 413 g/mol. The Bertz CT molecular complexity index is 941. The largest absolute Gasteiger partial charge is 0.482 e. The van der Waals surface area contributed by atoms with Crippen molar-refractivity contribution in [1.29, 1.82) is 0 Å². The first-order valence-corrected chi connectivity index (χ1v) is 10.6. The molecule has 0 bridgehead atoms. The van der Waals surface area contributed by atoms with Gasteiger partial charge in [-0.3, -0.25) is 4.79 Å². The number of hydrogen-bond acceptors (Lipinski definition) is 7. The van der Waals surface area contributed by atoms with Crippen LogP contribution in [0.25, 0.3) is 10.7 Å². The summed E-state index contributed by atoms with van der Waals surface area (Å²) in [5.74, 6) is 2.43. The molecule has 1 aliphatic rings. The van der Waals surface area contributed by atoms with E-state index in [4.69, 9.17) is 14.0 Å². The number of nitrogens with zero attached hydrogens (tertiary/aromatic N) is 2. The van der Waals surface area contributed by atoms with Crippen LogP contribution in [0.15, 0.2) is 46.3 Å². The van der Waals surface area contributed by atoms with Crippen molar-refractivity contribution in [1.82, 2.24) is 15.5 Å². The molecule has 2 atom stereocenters. The first-order chi connectivity index (χ1) is 14.2. The summed E-state index contributed by atoms with van der Waals surface area (Å²) in [6.45, 7) is 2.44. The summed E-state index contributed by atoms with van der Waals surface area (Å²) in [5, 5.41) is 8.94. The topological polar surface area (TPSA) is 86.5 Å². The molecule has 0 saturated heterocycles. The quantitative estimate of drug-likeness (QED) is 0.565. The number of benzene rings is 1. The van der Waals surface area contributed by atoms with Gasteiger partial charge in [0.05, 0.1) is 4.88 Å². The van der Waals surface area contributed by atoms with E-state index < -0.39 is 6.10 Å². The molecule has 8 heteroatoms. The molecule has 0 saturated carbocycles. The van der Waals surface area contributed by atoms with E-state index in [1.165, 1.54) is 0 Å². The van der Waals surface area contributed by atoms with Crippen molar-refractivity contribution in [2.45, 2.75) is 44.8 Å². The van der Waals surface area contributed by atoms with Crippen molar-refractivity contribution in [3.8, 4) is 22.2 Å². The molecule has 0 fully saturated rings. The third-order valence-electron chi connectivity index (χ3n) is 4.68. The lowest BCUT2D eigenvalue weighted by atomic mass is 10.1. The summed E-state index contributed by atoms with van der Waals surface area (Å²) in [5.41, 5.74) is 0. The fourth-order valence-electron chi connectivity index (χ4n) is 3.16. The molecule has 29 heavy (non-hydrogen) atoms. The number of carbonyl (C=O) groups excluding carboxylic acids is 1. The number of hydrogen-bond donors (Lipinski definition) is 1. The Hall–Kier alpha value is -2.87. The molecule has 0 radical (unpaired) electrons. The van der Waals surface area contributed by atoms with E-state index in [9.17, 15) is 4.79 Å². The second kappa shape index (κ2) is 9.09. The Morgan fingerprint density at radius 2 is 1.93 bits per heavy atom. The van der Waals surface area contributed by atoms with Crippen molar-refractivity contribution >= 4 is 17.2 Å². The number of fused-ring (bicyclic) bond motifs is 1. The van der Waals surface area contributed by atoms with Crippen LogP contribution in [0.2, 0.25) is 0 Å². The van der Waals surface area contributed by atoms with Gasteiger partial charge in [0.1, 0.15) is 6.10 Å². The number of para-hydroxylation sites is 2. The lowest BCUT2D eigenvalue weighted by Gasteiger charge is -2.31. The highest BCUT2D eigenvalue weighted by Gasteiger charge is 2.33. The van der Waals surface area contributed by atoms with Crippen LogP contribution in [0.5, 0.6) is 11.5 Å². The third kappa shape index (κ3) is 4.76. The fraction of sp³-hybridized carbons (Fsp3) is 0.381. The van der Waals surface area contributed by atoms with Gasteiger partial charge in [0.25, 0.3) is 5.91 Å². The molecule has 1 aliphatic heterocycles. The first kappa shape index (κ1) is 19.4. The van der Waals surface area contributed by atoms with Gasteiger partial charge < -0.3 is 19.3 Å². The summed E-state index contributed by atoms with van der Waals surface area (Å²) >= 11 is 1.59. The van der Waals surface area contributed by atoms with E-state index in [1.54, 1.807) is 11.3 Å². The molecule has 4 rings (SSSR count). The summed E-state index contributed by atoms with van der Waals surface area (Å²) in [6, 6.07) is 11.3. The molecule has 2 unspecified atom stereocenters. The van der Waals surface area contributed by atoms with Crippen LogP contribution >= 0.6 is 11.3 Å². The van der Waals surface area contributed by atoms with Gasteiger partial charge in [-0.1, -0.05) is 29.8 Å². The van der Waals surface area contributed by atoms with E-state index in [2.05, 4.69) is 15.5 Å². The van der Waals surface area contributed by atoms with E-state index in [0.29, 0.717) is 29.8 Å². The van der Waals surface area contributed by atoms with Gasteiger partial charge in [0.15, 0.2) is 11.5 Å². The number of aryl methyl sites for hydroxylation is 1. The molecule has 1 aromatic carbocycles. The number of carbonyl (C=O) groups is 1. The Kier molecular flexibility index (Phi) is 6.09. The van der Waals surface area contributed by atoms with Crippen molar-refractivity contribution in [2.24, 2.45) is 0 Å². The van der Waals surface area contributed by atoms with Crippen LogP contribution < -0.4 is 14.8 Å². The highest BCUT2D eigenvalue weighted by Crippen LogP contribution is 2.33. The molecule has 1 amide bonds. The molecule has 1 N–H and O–H groups in total. The van der Waals surface area contributed by atoms with Gasteiger partial charge in [-0.05, 0) is 43.3 Å². The molecule has 152 valence electrons. The van der Waals surface area contributed by atoms with Gasteiger partial charge >= 0.3 is 0 Å². The average Bonchev–Trinajstić information content (AvgIpc) is 3.41. The maximum atomic E-state index is 12.4. The summed E-state index contributed by atoms with van der Waals surface area (Å²) in [4.78, 5) is 17.9. The van der Waals surface area contributed by atoms with E-state index in [1.807, 2.05) is 48.7 Å². The van der Waals surface area contributed by atoms with Gasteiger partial charge in [0, 0.05) is 13.0 Å².